The number of aromatic nitrogens is 2. The molecule has 0 spiro atoms. The zero-order valence-corrected chi connectivity index (χ0v) is 11.2. The Kier molecular flexibility index (Phi) is 3.70. The van der Waals surface area contributed by atoms with E-state index < -0.39 is 10.0 Å². The van der Waals surface area contributed by atoms with Crippen LogP contribution in [0.2, 0.25) is 10.4 Å². The quantitative estimate of drug-likeness (QED) is 0.699. The molecule has 0 aliphatic heterocycles. The molecule has 0 saturated carbocycles. The number of nitrogens with zero attached hydrogens (tertiary/aromatic N) is 2. The predicted octanol–water partition coefficient (Wildman–Crippen LogP) is 2.58. The van der Waals surface area contributed by atoms with Gasteiger partial charge in [0.25, 0.3) is 10.0 Å². The normalized spacial score (nSPS) is 11.2. The topological polar surface area (TPSA) is 72.0 Å². The molecule has 0 fully saturated rings. The van der Waals surface area contributed by atoms with Crippen LogP contribution in [-0.2, 0) is 10.0 Å². The third-order valence-electron chi connectivity index (χ3n) is 1.96. The molecular formula is C10H7Cl2N3O2S. The van der Waals surface area contributed by atoms with Crippen molar-refractivity contribution in [2.75, 3.05) is 4.72 Å². The molecule has 8 heteroatoms. The third kappa shape index (κ3) is 3.10. The summed E-state index contributed by atoms with van der Waals surface area (Å²) in [6.07, 6.45) is 0. The van der Waals surface area contributed by atoms with Gasteiger partial charge in [-0.2, -0.15) is 4.98 Å². The Hall–Kier alpha value is -1.37. The Morgan fingerprint density at radius 1 is 1.06 bits per heavy atom. The number of rotatable bonds is 3. The second kappa shape index (κ2) is 5.09. The van der Waals surface area contributed by atoms with Crippen molar-refractivity contribution in [1.29, 1.82) is 0 Å². The Morgan fingerprint density at radius 3 is 2.33 bits per heavy atom. The van der Waals surface area contributed by atoms with E-state index in [9.17, 15) is 8.42 Å². The van der Waals surface area contributed by atoms with Crippen molar-refractivity contribution in [1.82, 2.24) is 9.97 Å². The van der Waals surface area contributed by atoms with Gasteiger partial charge in [0.1, 0.15) is 11.0 Å². The van der Waals surface area contributed by atoms with E-state index in [1.54, 1.807) is 18.2 Å². The fraction of sp³-hybridized carbons (Fsp3) is 0. The number of anilines is 1. The average molecular weight is 304 g/mol. The summed E-state index contributed by atoms with van der Waals surface area (Å²) in [5.74, 6) is 0.0175. The van der Waals surface area contributed by atoms with Crippen molar-refractivity contribution < 1.29 is 8.42 Å². The van der Waals surface area contributed by atoms with E-state index in [0.717, 1.165) is 0 Å². The molecule has 0 bridgehead atoms. The van der Waals surface area contributed by atoms with Gasteiger partial charge in [-0.3, -0.25) is 4.72 Å². The Balaban J connectivity index is 2.34. The van der Waals surface area contributed by atoms with Crippen molar-refractivity contribution in [3.8, 4) is 0 Å². The lowest BCUT2D eigenvalue weighted by molar-refractivity contribution is 0.601. The largest absolute Gasteiger partial charge is 0.263 e. The molecule has 0 atom stereocenters. The van der Waals surface area contributed by atoms with Crippen LogP contribution in [0.3, 0.4) is 0 Å². The van der Waals surface area contributed by atoms with E-state index in [1.807, 2.05) is 0 Å². The van der Waals surface area contributed by atoms with Crippen LogP contribution in [0.4, 0.5) is 5.82 Å². The summed E-state index contributed by atoms with van der Waals surface area (Å²) in [7, 11) is -3.70. The maximum absolute atomic E-state index is 12.0. The van der Waals surface area contributed by atoms with Gasteiger partial charge in [0.15, 0.2) is 0 Å². The number of halogens is 2. The minimum Gasteiger partial charge on any atom is -0.263 e. The van der Waals surface area contributed by atoms with E-state index in [0.29, 0.717) is 0 Å². The molecule has 1 aromatic carbocycles. The molecule has 0 aliphatic rings. The molecule has 1 aromatic heterocycles. The first-order valence-corrected chi connectivity index (χ1v) is 6.99. The first-order chi connectivity index (χ1) is 8.47. The lowest BCUT2D eigenvalue weighted by Gasteiger charge is -2.07. The van der Waals surface area contributed by atoms with E-state index in [1.165, 1.54) is 18.2 Å². The van der Waals surface area contributed by atoms with E-state index >= 15 is 0 Å². The fourth-order valence-electron chi connectivity index (χ4n) is 1.24. The summed E-state index contributed by atoms with van der Waals surface area (Å²) >= 11 is 11.2. The van der Waals surface area contributed by atoms with Crippen LogP contribution in [-0.4, -0.2) is 18.4 Å². The molecule has 1 N–H and O–H groups in total. The van der Waals surface area contributed by atoms with Gasteiger partial charge in [0.05, 0.1) is 4.90 Å². The summed E-state index contributed by atoms with van der Waals surface area (Å²) in [6, 6.07) is 9.16. The average Bonchev–Trinajstić information content (AvgIpc) is 2.28. The molecule has 0 unspecified atom stereocenters. The number of sulfonamides is 1. The summed E-state index contributed by atoms with van der Waals surface area (Å²) < 4.78 is 26.2. The summed E-state index contributed by atoms with van der Waals surface area (Å²) in [5, 5.41) is -0.0750. The molecule has 18 heavy (non-hydrogen) atoms. The molecule has 0 saturated heterocycles. The van der Waals surface area contributed by atoms with Crippen LogP contribution < -0.4 is 4.72 Å². The van der Waals surface area contributed by atoms with Gasteiger partial charge in [-0.25, -0.2) is 13.4 Å². The van der Waals surface area contributed by atoms with Crippen molar-refractivity contribution in [3.63, 3.8) is 0 Å². The van der Waals surface area contributed by atoms with Crippen LogP contribution in [0.25, 0.3) is 0 Å². The zero-order valence-electron chi connectivity index (χ0n) is 8.84. The van der Waals surface area contributed by atoms with Gasteiger partial charge in [0.2, 0.25) is 5.28 Å². The molecular weight excluding hydrogens is 297 g/mol. The Bertz CT molecular complexity index is 642. The molecule has 5 nitrogen and oxygen atoms in total. The maximum atomic E-state index is 12.0. The SMILES string of the molecule is O=S(=O)(Nc1cc(Cl)nc(Cl)n1)c1ccccc1. The first kappa shape index (κ1) is 13.1. The molecule has 1 heterocycles. The summed E-state index contributed by atoms with van der Waals surface area (Å²) in [6.45, 7) is 0. The van der Waals surface area contributed by atoms with Crippen molar-refractivity contribution in [2.45, 2.75) is 4.90 Å². The Labute approximate surface area is 114 Å². The number of nitrogens with one attached hydrogen (secondary N) is 1. The van der Waals surface area contributed by atoms with E-state index in [2.05, 4.69) is 14.7 Å². The van der Waals surface area contributed by atoms with Crippen LogP contribution in [0, 0.1) is 0 Å². The molecule has 2 aromatic rings. The molecule has 0 amide bonds. The first-order valence-electron chi connectivity index (χ1n) is 4.75. The maximum Gasteiger partial charge on any atom is 0.263 e. The highest BCUT2D eigenvalue weighted by molar-refractivity contribution is 7.92. The number of hydrogen-bond acceptors (Lipinski definition) is 4. The van der Waals surface area contributed by atoms with Crippen molar-refractivity contribution in [3.05, 3.63) is 46.8 Å². The highest BCUT2D eigenvalue weighted by atomic mass is 35.5. The minimum atomic E-state index is -3.70. The monoisotopic (exact) mass is 303 g/mol. The van der Waals surface area contributed by atoms with Crippen LogP contribution in [0.1, 0.15) is 0 Å². The third-order valence-corrected chi connectivity index (χ3v) is 3.69. The molecule has 0 aliphatic carbocycles. The number of hydrogen-bond donors (Lipinski definition) is 1. The highest BCUT2D eigenvalue weighted by Gasteiger charge is 2.15. The second-order valence-corrected chi connectivity index (χ2v) is 5.67. The summed E-state index contributed by atoms with van der Waals surface area (Å²) in [5.41, 5.74) is 0. The van der Waals surface area contributed by atoms with Crippen LogP contribution in [0.5, 0.6) is 0 Å². The van der Waals surface area contributed by atoms with E-state index in [-0.39, 0.29) is 21.2 Å². The van der Waals surface area contributed by atoms with Gasteiger partial charge >= 0.3 is 0 Å². The van der Waals surface area contributed by atoms with Crippen LogP contribution in [0.15, 0.2) is 41.3 Å². The standard InChI is InChI=1S/C10H7Cl2N3O2S/c11-8-6-9(14-10(12)13-8)15-18(16,17)7-4-2-1-3-5-7/h1-6H,(H,13,14,15). The lowest BCUT2D eigenvalue weighted by Crippen LogP contribution is -2.14. The Morgan fingerprint density at radius 2 is 1.72 bits per heavy atom. The number of benzene rings is 1. The zero-order chi connectivity index (χ0) is 13.2. The van der Waals surface area contributed by atoms with Crippen molar-refractivity contribution in [2.24, 2.45) is 0 Å². The van der Waals surface area contributed by atoms with Gasteiger partial charge in [-0.1, -0.05) is 29.8 Å². The van der Waals surface area contributed by atoms with Crippen molar-refractivity contribution >= 4 is 39.0 Å². The van der Waals surface area contributed by atoms with Gasteiger partial charge in [-0.15, -0.1) is 0 Å². The fourth-order valence-corrected chi connectivity index (χ4v) is 2.66. The summed E-state index contributed by atoms with van der Waals surface area (Å²) in [4.78, 5) is 7.47. The highest BCUT2D eigenvalue weighted by Crippen LogP contribution is 2.18. The van der Waals surface area contributed by atoms with Crippen LogP contribution >= 0.6 is 23.2 Å². The van der Waals surface area contributed by atoms with E-state index in [4.69, 9.17) is 23.2 Å². The van der Waals surface area contributed by atoms with Gasteiger partial charge in [0, 0.05) is 6.07 Å². The minimum absolute atomic E-state index is 0.0175. The molecule has 0 radical (unpaired) electrons. The van der Waals surface area contributed by atoms with Gasteiger partial charge in [-0.05, 0) is 23.7 Å². The molecule has 2 rings (SSSR count). The predicted molar refractivity (Wildman–Crippen MR) is 69.3 cm³/mol. The smallest absolute Gasteiger partial charge is 0.263 e. The lowest BCUT2D eigenvalue weighted by atomic mass is 10.4. The van der Waals surface area contributed by atoms with Gasteiger partial charge < -0.3 is 0 Å². The second-order valence-electron chi connectivity index (χ2n) is 3.26. The molecule has 94 valence electrons.